The molecule has 0 aromatic heterocycles. The molecule has 14 atom stereocenters. The quantitative estimate of drug-likeness (QED) is 0.0845. The predicted molar refractivity (Wildman–Crippen MR) is 354 cm³/mol. The average Bonchev–Trinajstić information content (AvgIpc) is 0.765. The predicted octanol–water partition coefficient (Wildman–Crippen LogP) is 1.73. The summed E-state index contributed by atoms with van der Waals surface area (Å²) in [6.45, 7) is 2.73. The first-order valence-electron chi connectivity index (χ1n) is 33.0. The molecule has 6 heterocycles. The number of nitrogens with one attached hydrogen (secondary N) is 8. The molecule has 101 heavy (non-hydrogen) atoms. The molecule has 6 aliphatic heterocycles. The van der Waals surface area contributed by atoms with E-state index in [9.17, 15) is 60.3 Å². The lowest BCUT2D eigenvalue weighted by Gasteiger charge is -2.54. The Morgan fingerprint density at radius 1 is 0.634 bits per heavy atom. The van der Waals surface area contributed by atoms with Gasteiger partial charge in [0.2, 0.25) is 59.3 Å². The Morgan fingerprint density at radius 3 is 1.82 bits per heavy atom. The Balaban J connectivity index is 1.06. The lowest BCUT2D eigenvalue weighted by molar-refractivity contribution is -0.277. The number of aliphatic hydroxyl groups excluding tert-OH is 6. The number of aliphatic hydroxyl groups is 6. The SMILES string of the molecule is CN[C@H](CC(C)C)C(=O)N[C@H]1C(=O)N[C@@H](CC(N)=O)C(=O)N[C@H]2C(=O)N[C@H]3C(=O)NC(C(=O)N[C@H](C(=O)NC4C5CC6CC(C5)CC4C6)c4cc(O)cc(O)c4-c4cc3ccc4O)[C@H](O)c3ccc(c(Cl)c3)Oc3cc2cc(c3OC2OC(CO)C(O)C(O)C2O)Oc2ccc(cc2Cl)[C@H]1O. The average molecular weight is 1440 g/mol. The van der Waals surface area contributed by atoms with Crippen molar-refractivity contribution in [1.82, 2.24) is 42.5 Å². The number of carbonyl (C=O) groups is 8. The molecule has 5 aromatic carbocycles. The van der Waals surface area contributed by atoms with E-state index in [2.05, 4.69) is 42.5 Å². The lowest BCUT2D eigenvalue weighted by Crippen LogP contribution is -2.60. The molecule has 1 saturated heterocycles. The van der Waals surface area contributed by atoms with Crippen LogP contribution in [0.5, 0.6) is 46.0 Å². The van der Waals surface area contributed by atoms with Gasteiger partial charge in [-0.3, -0.25) is 38.4 Å². The molecule has 538 valence electrons. The number of phenolic OH excluding ortho intramolecular Hbond substituents is 3. The Morgan fingerprint density at radius 2 is 1.23 bits per heavy atom. The van der Waals surface area contributed by atoms with Crippen LogP contribution in [0.2, 0.25) is 10.0 Å². The van der Waals surface area contributed by atoms with E-state index >= 15 is 24.0 Å². The molecule has 4 saturated carbocycles. The molecule has 0 radical (unpaired) electrons. The van der Waals surface area contributed by atoms with Gasteiger partial charge in [-0.05, 0) is 158 Å². The zero-order valence-electron chi connectivity index (χ0n) is 54.5. The Hall–Kier alpha value is -9.08. The topological polar surface area (TPSA) is 478 Å². The number of phenols is 3. The third-order valence-electron chi connectivity index (χ3n) is 19.9. The van der Waals surface area contributed by atoms with E-state index in [1.54, 1.807) is 0 Å². The summed E-state index contributed by atoms with van der Waals surface area (Å²) in [4.78, 5) is 120. The van der Waals surface area contributed by atoms with Gasteiger partial charge in [-0.25, -0.2) is 0 Å². The standard InChI is InChI=1S/C69H77Cl2N9O21/c1-25(2)10-39(73-3)62(91)79-54-56(86)29-5-8-43(37(70)17-29)98-45-19-33-20-46(61(45)101-69-60(90)59(89)58(88)47(24-81)100-69)99-44-9-6-30(18-38(44)71)57(87)55-68(97)78-53(66(95)75-50-31-12-26-11-27(14-31)15-32(50)13-26)36-21-34(82)22-42(84)49(36)35-16-28(4-7-41(35)83)51(64(93)80-55)77-65(94)52(33)76-63(92)40(23-48(72)85)74-67(54)96/h4-9,16-22,25-27,31-32,39-40,47,50-60,69,73,81-84,86-90H,10-15,23-24H2,1-3H3,(H2,72,85)(H,74,96)(H,75,95)(H,76,92)(H,77,94)(H,78,97)(H,79,91)(H,80,93)/t26?,27?,31?,32?,39-,40+,47?,50?,51-,52-,53+,54-,55?,56-,57-,58?,59?,60?,69?/m1/s1. The van der Waals surface area contributed by atoms with Crippen molar-refractivity contribution in [2.75, 3.05) is 13.7 Å². The van der Waals surface area contributed by atoms with Crippen molar-refractivity contribution in [3.63, 3.8) is 0 Å². The number of nitrogens with two attached hydrogens (primary N) is 1. The van der Waals surface area contributed by atoms with Crippen molar-refractivity contribution in [2.24, 2.45) is 35.3 Å². The fourth-order valence-corrected chi connectivity index (χ4v) is 15.6. The number of ether oxygens (including phenoxy) is 4. The molecule has 0 spiro atoms. The number of fused-ring (bicyclic) bond motifs is 15. The summed E-state index contributed by atoms with van der Waals surface area (Å²) in [5, 5.41) is 124. The van der Waals surface area contributed by atoms with Crippen LogP contribution in [0.4, 0.5) is 0 Å². The molecule has 30 nitrogen and oxygen atoms in total. The van der Waals surface area contributed by atoms with Crippen molar-refractivity contribution in [1.29, 1.82) is 0 Å². The number of benzene rings is 5. The Kier molecular flexibility index (Phi) is 20.7. The molecule has 6 unspecified atom stereocenters. The van der Waals surface area contributed by atoms with Crippen LogP contribution in [0.3, 0.4) is 0 Å². The Bertz CT molecular complexity index is 4100. The number of carbonyl (C=O) groups excluding carboxylic acids is 8. The highest BCUT2D eigenvalue weighted by atomic mass is 35.5. The fraction of sp³-hybridized carbons (Fsp3) is 0.449. The minimum absolute atomic E-state index is 0.0771. The number of rotatable bonds is 12. The second-order valence-electron chi connectivity index (χ2n) is 27.3. The third-order valence-corrected chi connectivity index (χ3v) is 20.5. The first-order chi connectivity index (χ1) is 48.1. The van der Waals surface area contributed by atoms with Crippen LogP contribution in [0.25, 0.3) is 11.1 Å². The summed E-state index contributed by atoms with van der Waals surface area (Å²) in [7, 11) is 1.49. The number of aromatic hydroxyl groups is 3. The van der Waals surface area contributed by atoms with Crippen LogP contribution in [0, 0.1) is 29.6 Å². The third kappa shape index (κ3) is 14.6. The van der Waals surface area contributed by atoms with Crippen molar-refractivity contribution >= 4 is 70.5 Å². The smallest absolute Gasteiger partial charge is 0.248 e. The van der Waals surface area contributed by atoms with Gasteiger partial charge < -0.3 is 113 Å². The minimum atomic E-state index is -2.29. The number of likely N-dealkylation sites (N-methyl/N-ethyl adjacent to an activating group) is 1. The van der Waals surface area contributed by atoms with Crippen molar-refractivity contribution in [3.05, 3.63) is 117 Å². The largest absolute Gasteiger partial charge is 0.508 e. The van der Waals surface area contributed by atoms with Gasteiger partial charge in [-0.1, -0.05) is 55.2 Å². The van der Waals surface area contributed by atoms with Crippen LogP contribution in [-0.4, -0.2) is 168 Å². The van der Waals surface area contributed by atoms with Crippen LogP contribution in [0.1, 0.15) is 117 Å². The van der Waals surface area contributed by atoms with Gasteiger partial charge in [0.1, 0.15) is 102 Å². The second-order valence-corrected chi connectivity index (χ2v) is 28.1. The van der Waals surface area contributed by atoms with E-state index in [-0.39, 0.29) is 85.1 Å². The van der Waals surface area contributed by atoms with Gasteiger partial charge in [0.15, 0.2) is 11.5 Å². The van der Waals surface area contributed by atoms with Crippen LogP contribution in [-0.2, 0) is 43.1 Å². The number of amides is 8. The Labute approximate surface area is 586 Å². The minimum Gasteiger partial charge on any atom is -0.508 e. The number of primary amides is 1. The van der Waals surface area contributed by atoms with E-state index < -0.39 is 186 Å². The number of halogens is 2. The van der Waals surface area contributed by atoms with E-state index in [1.165, 1.54) is 31.3 Å². The molecule has 32 heteroatoms. The monoisotopic (exact) mass is 1440 g/mol. The van der Waals surface area contributed by atoms with Crippen molar-refractivity contribution < 1.29 is 103 Å². The molecule has 15 bridgehead atoms. The molecule has 10 aliphatic rings. The van der Waals surface area contributed by atoms with E-state index in [1.807, 2.05) is 13.8 Å². The summed E-state index contributed by atoms with van der Waals surface area (Å²) in [6.07, 6.45) is -10.2. The highest BCUT2D eigenvalue weighted by molar-refractivity contribution is 6.32. The zero-order valence-corrected chi connectivity index (χ0v) is 56.0. The molecule has 5 aromatic rings. The first-order valence-corrected chi connectivity index (χ1v) is 33.7. The highest BCUT2D eigenvalue weighted by Crippen LogP contribution is 2.55. The van der Waals surface area contributed by atoms with Gasteiger partial charge in [0.25, 0.3) is 0 Å². The van der Waals surface area contributed by atoms with Gasteiger partial charge in [-0.2, -0.15) is 0 Å². The summed E-state index contributed by atoms with van der Waals surface area (Å²) >= 11 is 14.1. The summed E-state index contributed by atoms with van der Waals surface area (Å²) in [5.74, 6) is -12.8. The van der Waals surface area contributed by atoms with Crippen molar-refractivity contribution in [3.8, 4) is 57.1 Å². The molecular weight excluding hydrogens is 1360 g/mol. The maximum atomic E-state index is 16.0. The zero-order chi connectivity index (χ0) is 72.3. The van der Waals surface area contributed by atoms with Gasteiger partial charge in [-0.15, -0.1) is 0 Å². The van der Waals surface area contributed by atoms with Crippen LogP contribution < -0.4 is 62.5 Å². The second kappa shape index (κ2) is 29.1. The molecule has 19 N–H and O–H groups in total. The number of hydrogen-bond acceptors (Lipinski definition) is 22. The van der Waals surface area contributed by atoms with E-state index in [0.717, 1.165) is 86.7 Å². The fourth-order valence-electron chi connectivity index (χ4n) is 15.1. The molecule has 8 amide bonds. The maximum absolute atomic E-state index is 16.0. The molecular formula is C69H77Cl2N9O21. The normalized spacial score (nSPS) is 30.2. The molecule has 15 rings (SSSR count). The van der Waals surface area contributed by atoms with Crippen molar-refractivity contribution in [2.45, 2.75) is 150 Å². The highest BCUT2D eigenvalue weighted by Gasteiger charge is 2.51. The summed E-state index contributed by atoms with van der Waals surface area (Å²) in [6, 6.07) is 0.653. The number of hydrogen-bond donors (Lipinski definition) is 18. The summed E-state index contributed by atoms with van der Waals surface area (Å²) in [5.41, 5.74) is 3.76. The summed E-state index contributed by atoms with van der Waals surface area (Å²) < 4.78 is 25.2. The van der Waals surface area contributed by atoms with E-state index in [4.69, 9.17) is 47.9 Å². The molecule has 5 fully saturated rings. The lowest BCUT2D eigenvalue weighted by atomic mass is 9.54. The van der Waals surface area contributed by atoms with E-state index in [0.29, 0.717) is 11.8 Å². The first kappa shape index (κ1) is 71.7. The van der Waals surface area contributed by atoms with Gasteiger partial charge in [0.05, 0.1) is 29.1 Å². The van der Waals surface area contributed by atoms with Crippen LogP contribution >= 0.6 is 23.2 Å². The van der Waals surface area contributed by atoms with Gasteiger partial charge in [0, 0.05) is 23.2 Å². The van der Waals surface area contributed by atoms with Crippen LogP contribution in [0.15, 0.2) is 78.9 Å². The van der Waals surface area contributed by atoms with Gasteiger partial charge >= 0.3 is 0 Å². The maximum Gasteiger partial charge on any atom is 0.248 e. The molecule has 4 aliphatic carbocycles.